The van der Waals surface area contributed by atoms with Gasteiger partial charge in [-0.2, -0.15) is 18.3 Å². The molecule has 2 heterocycles. The molecule has 206 valence electrons. The smallest absolute Gasteiger partial charge is 0.308 e. The van der Waals surface area contributed by atoms with Crippen molar-refractivity contribution in [3.05, 3.63) is 66.4 Å². The van der Waals surface area contributed by atoms with E-state index in [4.69, 9.17) is 5.10 Å². The first-order valence-corrected chi connectivity index (χ1v) is 12.3. The van der Waals surface area contributed by atoms with Gasteiger partial charge in [0.05, 0.1) is 23.3 Å². The summed E-state index contributed by atoms with van der Waals surface area (Å²) in [7, 11) is 0. The Morgan fingerprint density at radius 2 is 1.79 bits per heavy atom. The van der Waals surface area contributed by atoms with Crippen LogP contribution in [0.2, 0.25) is 0 Å². The third-order valence-corrected chi connectivity index (χ3v) is 6.13. The molecule has 0 atom stereocenters. The van der Waals surface area contributed by atoms with Crippen molar-refractivity contribution in [3.63, 3.8) is 0 Å². The molecule has 13 heteroatoms. The molecule has 0 aliphatic heterocycles. The van der Waals surface area contributed by atoms with Gasteiger partial charge in [-0.05, 0) is 43.4 Å². The summed E-state index contributed by atoms with van der Waals surface area (Å²) in [5.74, 6) is -0.985. The van der Waals surface area contributed by atoms with Crippen LogP contribution in [0.4, 0.5) is 33.7 Å². The zero-order valence-electron chi connectivity index (χ0n) is 21.4. The average Bonchev–Trinajstić information content (AvgIpc) is 3.28. The SMILES string of the molecule is CCN(CC)CCNCn1nc(-c2ccc(NC(=O)Nc3cc(C(F)(F)F)ccc3F)cc2)c2cncnc21. The zero-order chi connectivity index (χ0) is 28.0. The van der Waals surface area contributed by atoms with Crippen molar-refractivity contribution in [1.82, 2.24) is 30.0 Å². The molecule has 4 aromatic rings. The van der Waals surface area contributed by atoms with E-state index in [0.717, 1.165) is 37.1 Å². The molecule has 0 saturated heterocycles. The van der Waals surface area contributed by atoms with Gasteiger partial charge in [-0.3, -0.25) is 5.32 Å². The molecule has 3 N–H and O–H groups in total. The third-order valence-electron chi connectivity index (χ3n) is 6.13. The Morgan fingerprint density at radius 3 is 2.49 bits per heavy atom. The number of nitrogens with zero attached hydrogens (tertiary/aromatic N) is 5. The largest absolute Gasteiger partial charge is 0.416 e. The Hall–Kier alpha value is -4.10. The summed E-state index contributed by atoms with van der Waals surface area (Å²) in [5, 5.41) is 13.4. The van der Waals surface area contributed by atoms with Crippen LogP contribution in [0.3, 0.4) is 0 Å². The highest BCUT2D eigenvalue weighted by Gasteiger charge is 2.31. The number of benzene rings is 2. The molecule has 0 radical (unpaired) electrons. The molecule has 2 aromatic heterocycles. The second kappa shape index (κ2) is 12.2. The molecule has 9 nitrogen and oxygen atoms in total. The van der Waals surface area contributed by atoms with Crippen LogP contribution in [0.15, 0.2) is 55.0 Å². The molecule has 2 amide bonds. The highest BCUT2D eigenvalue weighted by Crippen LogP contribution is 2.32. The number of urea groups is 1. The maximum absolute atomic E-state index is 14.0. The van der Waals surface area contributed by atoms with Crippen molar-refractivity contribution in [3.8, 4) is 11.3 Å². The highest BCUT2D eigenvalue weighted by molar-refractivity contribution is 6.00. The number of anilines is 2. The summed E-state index contributed by atoms with van der Waals surface area (Å²) in [6.45, 7) is 8.37. The van der Waals surface area contributed by atoms with Crippen molar-refractivity contribution in [2.75, 3.05) is 36.8 Å². The number of likely N-dealkylation sites (N-methyl/N-ethyl adjacent to an activating group) is 1. The number of carbonyl (C=O) groups is 1. The molecule has 0 fully saturated rings. The van der Waals surface area contributed by atoms with E-state index < -0.39 is 29.3 Å². The topological polar surface area (TPSA) is 100 Å². The predicted octanol–water partition coefficient (Wildman–Crippen LogP) is 5.18. The number of carbonyl (C=O) groups excluding carboxylic acids is 1. The summed E-state index contributed by atoms with van der Waals surface area (Å²) < 4.78 is 54.5. The summed E-state index contributed by atoms with van der Waals surface area (Å²) in [6.07, 6.45) is -1.53. The van der Waals surface area contributed by atoms with Crippen LogP contribution < -0.4 is 16.0 Å². The average molecular weight is 545 g/mol. The number of amides is 2. The summed E-state index contributed by atoms with van der Waals surface area (Å²) in [6, 6.07) is 7.58. The second-order valence-corrected chi connectivity index (χ2v) is 8.64. The molecule has 0 aliphatic rings. The van der Waals surface area contributed by atoms with Gasteiger partial charge in [0.2, 0.25) is 0 Å². The van der Waals surface area contributed by atoms with Gasteiger partial charge in [-0.15, -0.1) is 0 Å². The normalized spacial score (nSPS) is 11.8. The Morgan fingerprint density at radius 1 is 1.05 bits per heavy atom. The fourth-order valence-electron chi connectivity index (χ4n) is 4.00. The third kappa shape index (κ3) is 6.86. The van der Waals surface area contributed by atoms with E-state index in [1.165, 1.54) is 6.33 Å². The minimum atomic E-state index is -4.67. The number of fused-ring (bicyclic) bond motifs is 1. The molecule has 39 heavy (non-hydrogen) atoms. The lowest BCUT2D eigenvalue weighted by atomic mass is 10.1. The first-order valence-electron chi connectivity index (χ1n) is 12.3. The van der Waals surface area contributed by atoms with Gasteiger partial charge in [-0.25, -0.2) is 23.8 Å². The maximum Gasteiger partial charge on any atom is 0.416 e. The number of nitrogens with one attached hydrogen (secondary N) is 3. The first kappa shape index (κ1) is 27.9. The highest BCUT2D eigenvalue weighted by atomic mass is 19.4. The van der Waals surface area contributed by atoms with Crippen molar-refractivity contribution in [2.45, 2.75) is 26.7 Å². The minimum Gasteiger partial charge on any atom is -0.308 e. The number of rotatable bonds is 10. The summed E-state index contributed by atoms with van der Waals surface area (Å²) in [5.41, 5.74) is 0.756. The first-order chi connectivity index (χ1) is 18.7. The molecule has 2 aromatic carbocycles. The standard InChI is InChI=1S/C26H28F4N8O/c1-3-37(4-2)12-11-31-16-38-24-20(14-32-15-33-24)23(36-38)17-5-8-19(9-6-17)34-25(39)35-22-13-18(26(28,29)30)7-10-21(22)27/h5-10,13-15,31H,3-4,11-12,16H2,1-2H3,(H2,34,35,39). The van der Waals surface area contributed by atoms with Crippen LogP contribution in [0.5, 0.6) is 0 Å². The number of halogens is 4. The van der Waals surface area contributed by atoms with Crippen LogP contribution in [-0.4, -0.2) is 56.9 Å². The molecule has 0 aliphatic carbocycles. The number of alkyl halides is 3. The van der Waals surface area contributed by atoms with Gasteiger partial charge < -0.3 is 15.5 Å². The fourth-order valence-corrected chi connectivity index (χ4v) is 4.00. The van der Waals surface area contributed by atoms with Gasteiger partial charge in [0.15, 0.2) is 5.65 Å². The number of aromatic nitrogens is 4. The monoisotopic (exact) mass is 544 g/mol. The quantitative estimate of drug-likeness (QED) is 0.188. The fraction of sp³-hybridized carbons (Fsp3) is 0.308. The number of hydrogen-bond donors (Lipinski definition) is 3. The van der Waals surface area contributed by atoms with Gasteiger partial charge in [0.1, 0.15) is 17.8 Å². The van der Waals surface area contributed by atoms with Gasteiger partial charge in [-0.1, -0.05) is 26.0 Å². The summed E-state index contributed by atoms with van der Waals surface area (Å²) >= 11 is 0. The summed E-state index contributed by atoms with van der Waals surface area (Å²) in [4.78, 5) is 23.1. The van der Waals surface area contributed by atoms with E-state index in [1.807, 2.05) is 0 Å². The van der Waals surface area contributed by atoms with Crippen molar-refractivity contribution in [2.24, 2.45) is 0 Å². The molecule has 0 saturated carbocycles. The molecule has 0 unspecified atom stereocenters. The number of hydrogen-bond acceptors (Lipinski definition) is 6. The van der Waals surface area contributed by atoms with Crippen molar-refractivity contribution >= 4 is 28.4 Å². The zero-order valence-corrected chi connectivity index (χ0v) is 21.4. The van der Waals surface area contributed by atoms with Crippen LogP contribution in [0.25, 0.3) is 22.3 Å². The van der Waals surface area contributed by atoms with E-state index in [2.05, 4.69) is 44.7 Å². The molecular weight excluding hydrogens is 516 g/mol. The lowest BCUT2D eigenvalue weighted by molar-refractivity contribution is -0.137. The molecular formula is C26H28F4N8O. The molecule has 0 spiro atoms. The van der Waals surface area contributed by atoms with E-state index in [9.17, 15) is 22.4 Å². The van der Waals surface area contributed by atoms with E-state index in [-0.39, 0.29) is 0 Å². The Balaban J connectivity index is 1.44. The van der Waals surface area contributed by atoms with Crippen molar-refractivity contribution in [1.29, 1.82) is 0 Å². The Bertz CT molecular complexity index is 1420. The Kier molecular flexibility index (Phi) is 8.72. The van der Waals surface area contributed by atoms with E-state index in [1.54, 1.807) is 35.1 Å². The Labute approximate surface area is 222 Å². The molecule has 0 bridgehead atoms. The van der Waals surface area contributed by atoms with E-state index >= 15 is 0 Å². The van der Waals surface area contributed by atoms with Crippen LogP contribution in [0, 0.1) is 5.82 Å². The van der Waals surface area contributed by atoms with Gasteiger partial charge in [0, 0.05) is 30.5 Å². The van der Waals surface area contributed by atoms with Crippen LogP contribution in [0.1, 0.15) is 19.4 Å². The predicted molar refractivity (Wildman–Crippen MR) is 141 cm³/mol. The second-order valence-electron chi connectivity index (χ2n) is 8.64. The molecule has 4 rings (SSSR count). The van der Waals surface area contributed by atoms with Crippen LogP contribution in [-0.2, 0) is 12.8 Å². The van der Waals surface area contributed by atoms with Gasteiger partial charge >= 0.3 is 12.2 Å². The lowest BCUT2D eigenvalue weighted by Gasteiger charge is -2.18. The minimum absolute atomic E-state index is 0.349. The van der Waals surface area contributed by atoms with E-state index in [0.29, 0.717) is 41.9 Å². The van der Waals surface area contributed by atoms with Crippen molar-refractivity contribution < 1.29 is 22.4 Å². The van der Waals surface area contributed by atoms with Gasteiger partial charge in [0.25, 0.3) is 0 Å². The maximum atomic E-state index is 14.0. The van der Waals surface area contributed by atoms with Crippen LogP contribution >= 0.6 is 0 Å². The lowest BCUT2D eigenvalue weighted by Crippen LogP contribution is -2.32.